The van der Waals surface area contributed by atoms with Gasteiger partial charge >= 0.3 is 0 Å². The first-order chi connectivity index (χ1) is 12.1. The normalized spacial score (nSPS) is 28.1. The first-order valence-corrected chi connectivity index (χ1v) is 10.2. The number of aromatic nitrogens is 2. The van der Waals surface area contributed by atoms with Crippen LogP contribution in [0.1, 0.15) is 62.7 Å². The molecule has 5 nitrogen and oxygen atoms in total. The van der Waals surface area contributed by atoms with Crippen molar-refractivity contribution in [3.8, 4) is 0 Å². The number of carbonyl (C=O) groups is 1. The predicted molar refractivity (Wildman–Crippen MR) is 98.2 cm³/mol. The van der Waals surface area contributed by atoms with Crippen molar-refractivity contribution in [3.63, 3.8) is 0 Å². The molecule has 1 N–H and O–H groups in total. The zero-order valence-electron chi connectivity index (χ0n) is 15.8. The summed E-state index contributed by atoms with van der Waals surface area (Å²) in [5.41, 5.74) is 2.22. The van der Waals surface area contributed by atoms with E-state index in [0.29, 0.717) is 5.91 Å². The van der Waals surface area contributed by atoms with E-state index < -0.39 is 0 Å². The van der Waals surface area contributed by atoms with E-state index in [1.54, 1.807) is 0 Å². The van der Waals surface area contributed by atoms with E-state index in [1.807, 2.05) is 0 Å². The van der Waals surface area contributed by atoms with E-state index in [9.17, 15) is 4.79 Å². The summed E-state index contributed by atoms with van der Waals surface area (Å²) < 4.78 is 0. The Hall–Kier alpha value is -1.36. The minimum Gasteiger partial charge on any atom is -0.346 e. The average Bonchev–Trinajstić information content (AvgIpc) is 3.12. The number of H-pyrrole nitrogens is 1. The van der Waals surface area contributed by atoms with E-state index in [0.717, 1.165) is 69.4 Å². The van der Waals surface area contributed by atoms with Crippen molar-refractivity contribution in [1.29, 1.82) is 0 Å². The number of aromatic amines is 1. The Bertz CT molecular complexity index is 636. The summed E-state index contributed by atoms with van der Waals surface area (Å²) in [4.78, 5) is 26.0. The quantitative estimate of drug-likeness (QED) is 0.893. The number of rotatable bonds is 5. The highest BCUT2D eigenvalue weighted by Gasteiger charge is 2.48. The molecule has 3 aliphatic rings. The number of likely N-dealkylation sites (tertiary alicyclic amines) is 2. The summed E-state index contributed by atoms with van der Waals surface area (Å²) in [6.07, 6.45) is 8.21. The van der Waals surface area contributed by atoms with Gasteiger partial charge in [0.15, 0.2) is 0 Å². The van der Waals surface area contributed by atoms with Crippen molar-refractivity contribution >= 4 is 5.91 Å². The van der Waals surface area contributed by atoms with Crippen LogP contribution in [0.15, 0.2) is 0 Å². The van der Waals surface area contributed by atoms with Crippen molar-refractivity contribution < 1.29 is 4.79 Å². The molecule has 1 atom stereocenters. The van der Waals surface area contributed by atoms with Crippen molar-refractivity contribution in [1.82, 2.24) is 19.8 Å². The number of hydrogen-bond acceptors (Lipinski definition) is 3. The van der Waals surface area contributed by atoms with E-state index in [-0.39, 0.29) is 5.41 Å². The van der Waals surface area contributed by atoms with Crippen LogP contribution in [-0.2, 0) is 17.8 Å². The maximum absolute atomic E-state index is 13.2. The second kappa shape index (κ2) is 6.75. The summed E-state index contributed by atoms with van der Waals surface area (Å²) >= 11 is 0. The summed E-state index contributed by atoms with van der Waals surface area (Å²) in [5.74, 6) is 2.29. The smallest absolute Gasteiger partial charge is 0.230 e. The molecule has 2 saturated heterocycles. The van der Waals surface area contributed by atoms with Gasteiger partial charge in [0.2, 0.25) is 5.91 Å². The maximum atomic E-state index is 13.2. The molecule has 1 unspecified atom stereocenters. The molecule has 3 heterocycles. The van der Waals surface area contributed by atoms with Crippen molar-refractivity contribution in [3.05, 3.63) is 17.2 Å². The zero-order valence-corrected chi connectivity index (χ0v) is 15.8. The molecule has 1 aromatic heterocycles. The molecule has 0 radical (unpaired) electrons. The third kappa shape index (κ3) is 3.23. The number of hydrogen-bond donors (Lipinski definition) is 1. The number of nitrogens with zero attached hydrogens (tertiary/aromatic N) is 3. The van der Waals surface area contributed by atoms with Gasteiger partial charge in [0.25, 0.3) is 0 Å². The van der Waals surface area contributed by atoms with Gasteiger partial charge in [-0.2, -0.15) is 0 Å². The molecular weight excluding hydrogens is 312 g/mol. The zero-order chi connectivity index (χ0) is 17.4. The molecule has 1 aliphatic carbocycles. The van der Waals surface area contributed by atoms with Crippen molar-refractivity contribution in [2.24, 2.45) is 11.3 Å². The Labute approximate surface area is 151 Å². The Kier molecular flexibility index (Phi) is 4.61. The molecule has 3 fully saturated rings. The lowest BCUT2D eigenvalue weighted by Gasteiger charge is -2.42. The van der Waals surface area contributed by atoms with Crippen LogP contribution in [0.25, 0.3) is 0 Å². The topological polar surface area (TPSA) is 52.2 Å². The second-order valence-corrected chi connectivity index (χ2v) is 8.50. The molecule has 0 aromatic carbocycles. The minimum atomic E-state index is -0.111. The lowest BCUT2D eigenvalue weighted by Crippen LogP contribution is -2.51. The van der Waals surface area contributed by atoms with Crippen LogP contribution in [0.3, 0.4) is 0 Å². The molecule has 2 aliphatic heterocycles. The fraction of sp³-hybridized carbons (Fsp3) is 0.800. The lowest BCUT2D eigenvalue weighted by molar-refractivity contribution is -0.146. The Morgan fingerprint density at radius 3 is 2.76 bits per heavy atom. The van der Waals surface area contributed by atoms with E-state index in [2.05, 4.69) is 28.6 Å². The third-order valence-electron chi connectivity index (χ3n) is 6.70. The van der Waals surface area contributed by atoms with Gasteiger partial charge in [-0.3, -0.25) is 9.69 Å². The van der Waals surface area contributed by atoms with Crippen LogP contribution in [0, 0.1) is 18.3 Å². The Balaban J connectivity index is 1.41. The highest BCUT2D eigenvalue weighted by atomic mass is 16.2. The van der Waals surface area contributed by atoms with Gasteiger partial charge in [-0.15, -0.1) is 0 Å². The Morgan fingerprint density at radius 2 is 2.08 bits per heavy atom. The third-order valence-corrected chi connectivity index (χ3v) is 6.70. The fourth-order valence-electron chi connectivity index (χ4n) is 4.88. The van der Waals surface area contributed by atoms with Gasteiger partial charge in [0.05, 0.1) is 11.1 Å². The van der Waals surface area contributed by atoms with Gasteiger partial charge in [0.1, 0.15) is 5.82 Å². The van der Waals surface area contributed by atoms with E-state index in [1.165, 1.54) is 31.4 Å². The highest BCUT2D eigenvalue weighted by molar-refractivity contribution is 5.84. The Morgan fingerprint density at radius 1 is 1.24 bits per heavy atom. The lowest BCUT2D eigenvalue weighted by atomic mass is 9.77. The summed E-state index contributed by atoms with van der Waals surface area (Å²) in [6.45, 7) is 9.05. The van der Waals surface area contributed by atoms with Gasteiger partial charge in [0, 0.05) is 38.3 Å². The number of piperidine rings is 1. The predicted octanol–water partition coefficient (Wildman–Crippen LogP) is 2.90. The molecule has 1 aromatic rings. The van der Waals surface area contributed by atoms with Crippen LogP contribution in [0.4, 0.5) is 0 Å². The summed E-state index contributed by atoms with van der Waals surface area (Å²) in [7, 11) is 0. The van der Waals surface area contributed by atoms with Crippen LogP contribution in [0.2, 0.25) is 0 Å². The maximum Gasteiger partial charge on any atom is 0.230 e. The largest absolute Gasteiger partial charge is 0.346 e. The monoisotopic (exact) mass is 344 g/mol. The van der Waals surface area contributed by atoms with Crippen LogP contribution >= 0.6 is 0 Å². The van der Waals surface area contributed by atoms with Crippen LogP contribution < -0.4 is 0 Å². The second-order valence-electron chi connectivity index (χ2n) is 8.50. The molecular formula is C20H32N4O. The molecule has 138 valence electrons. The van der Waals surface area contributed by atoms with Crippen molar-refractivity contribution in [2.45, 2.75) is 65.3 Å². The van der Waals surface area contributed by atoms with E-state index in [4.69, 9.17) is 4.98 Å². The molecule has 5 heteroatoms. The highest BCUT2D eigenvalue weighted by Crippen LogP contribution is 2.41. The van der Waals surface area contributed by atoms with Gasteiger partial charge in [-0.05, 0) is 51.5 Å². The van der Waals surface area contributed by atoms with Gasteiger partial charge < -0.3 is 9.88 Å². The molecule has 0 bridgehead atoms. The van der Waals surface area contributed by atoms with Gasteiger partial charge in [-0.1, -0.05) is 13.3 Å². The standard InChI is InChI=1S/C20H32N4O/c1-3-18-21-15(2)17(22-18)13-23-11-9-20(14-23)8-5-10-24(19(20)25)12-16-6-4-7-16/h16H,3-14H2,1-2H3,(H,21,22). The number of aryl methyl sites for hydroxylation is 2. The number of amides is 1. The van der Waals surface area contributed by atoms with Crippen LogP contribution in [0.5, 0.6) is 0 Å². The average molecular weight is 345 g/mol. The van der Waals surface area contributed by atoms with Crippen molar-refractivity contribution in [2.75, 3.05) is 26.2 Å². The SMILES string of the molecule is CCc1nc(CN2CCC3(CCCN(CC4CCC4)C3=O)C2)c(C)[nH]1. The summed E-state index contributed by atoms with van der Waals surface area (Å²) in [6, 6.07) is 0. The molecule has 25 heavy (non-hydrogen) atoms. The molecule has 1 amide bonds. The minimum absolute atomic E-state index is 0.111. The van der Waals surface area contributed by atoms with Crippen LogP contribution in [-0.4, -0.2) is 51.9 Å². The molecule has 1 saturated carbocycles. The first-order valence-electron chi connectivity index (χ1n) is 10.2. The van der Waals surface area contributed by atoms with Gasteiger partial charge in [-0.25, -0.2) is 4.98 Å². The number of imidazole rings is 1. The molecule has 1 spiro atoms. The number of carbonyl (C=O) groups excluding carboxylic acids is 1. The molecule has 4 rings (SSSR count). The first kappa shape index (κ1) is 17.1. The fourth-order valence-corrected chi connectivity index (χ4v) is 4.88. The number of nitrogens with one attached hydrogen (secondary N) is 1. The summed E-state index contributed by atoms with van der Waals surface area (Å²) in [5, 5.41) is 0. The van der Waals surface area contributed by atoms with E-state index >= 15 is 0 Å².